The molecule has 22 heavy (non-hydrogen) atoms. The van der Waals surface area contributed by atoms with Gasteiger partial charge < -0.3 is 14.4 Å². The fourth-order valence-corrected chi connectivity index (χ4v) is 2.44. The molecule has 0 aromatic heterocycles. The van der Waals surface area contributed by atoms with Gasteiger partial charge in [-0.05, 0) is 25.5 Å². The largest absolute Gasteiger partial charge is 0.488 e. The van der Waals surface area contributed by atoms with Gasteiger partial charge in [0, 0.05) is 13.0 Å². The second kappa shape index (κ2) is 6.42. The number of rotatable bonds is 6. The van der Waals surface area contributed by atoms with Crippen LogP contribution >= 0.6 is 0 Å². The Bertz CT molecular complexity index is 616. The van der Waals surface area contributed by atoms with Crippen molar-refractivity contribution in [1.29, 1.82) is 0 Å². The number of benzene rings is 1. The van der Waals surface area contributed by atoms with E-state index < -0.39 is 16.8 Å². The van der Waals surface area contributed by atoms with E-state index in [-0.39, 0.29) is 23.0 Å². The molecule has 118 valence electrons. The predicted octanol–water partition coefficient (Wildman–Crippen LogP) is 1.76. The first-order chi connectivity index (χ1) is 10.5. The van der Waals surface area contributed by atoms with Gasteiger partial charge in [-0.25, -0.2) is 0 Å². The molecule has 0 aliphatic carbocycles. The summed E-state index contributed by atoms with van der Waals surface area (Å²) in [6.07, 6.45) is 1.03. The number of hydrogen-bond acceptors (Lipinski definition) is 6. The van der Waals surface area contributed by atoms with Crippen LogP contribution in [0.3, 0.4) is 0 Å². The Morgan fingerprint density at radius 2 is 2.18 bits per heavy atom. The molecule has 1 amide bonds. The Morgan fingerprint density at radius 1 is 1.45 bits per heavy atom. The molecule has 8 heteroatoms. The number of nitro benzene ring substituents is 1. The van der Waals surface area contributed by atoms with Crippen LogP contribution in [-0.4, -0.2) is 41.9 Å². The molecular formula is C14H16N2O6. The van der Waals surface area contributed by atoms with Crippen molar-refractivity contribution >= 4 is 17.9 Å². The summed E-state index contributed by atoms with van der Waals surface area (Å²) in [5, 5.41) is 11.2. The number of ether oxygens (including phenoxy) is 2. The summed E-state index contributed by atoms with van der Waals surface area (Å²) < 4.78 is 10.7. The minimum atomic E-state index is -0.693. The van der Waals surface area contributed by atoms with Crippen LogP contribution in [0, 0.1) is 10.1 Å². The highest BCUT2D eigenvalue weighted by atomic mass is 16.6. The van der Waals surface area contributed by atoms with Gasteiger partial charge in [0.25, 0.3) is 0 Å². The predicted molar refractivity (Wildman–Crippen MR) is 76.1 cm³/mol. The van der Waals surface area contributed by atoms with Crippen molar-refractivity contribution in [2.75, 3.05) is 13.7 Å². The zero-order valence-corrected chi connectivity index (χ0v) is 12.3. The third-order valence-corrected chi connectivity index (χ3v) is 3.49. The maximum Gasteiger partial charge on any atom is 0.325 e. The molecule has 1 aromatic rings. The zero-order chi connectivity index (χ0) is 16.3. The maximum absolute atomic E-state index is 11.7. The third-order valence-electron chi connectivity index (χ3n) is 3.49. The number of carbonyl (C=O) groups excluding carboxylic acids is 2. The van der Waals surface area contributed by atoms with Crippen LogP contribution in [0.5, 0.6) is 11.5 Å². The molecule has 8 nitrogen and oxygen atoms in total. The topological polar surface area (TPSA) is 99.0 Å². The molecule has 0 radical (unpaired) electrons. The molecule has 1 aliphatic heterocycles. The highest BCUT2D eigenvalue weighted by molar-refractivity contribution is 5.85. The van der Waals surface area contributed by atoms with Crippen LogP contribution in [0.4, 0.5) is 5.69 Å². The number of likely N-dealkylation sites (tertiary alicyclic amines) is 1. The molecule has 2 rings (SSSR count). The summed E-state index contributed by atoms with van der Waals surface area (Å²) in [6, 6.07) is 2.72. The van der Waals surface area contributed by atoms with E-state index in [0.29, 0.717) is 19.3 Å². The van der Waals surface area contributed by atoms with E-state index in [9.17, 15) is 19.7 Å². The van der Waals surface area contributed by atoms with Crippen LogP contribution < -0.4 is 9.47 Å². The lowest BCUT2D eigenvalue weighted by atomic mass is 10.1. The van der Waals surface area contributed by atoms with Gasteiger partial charge in [-0.1, -0.05) is 0 Å². The lowest BCUT2D eigenvalue weighted by Gasteiger charge is -2.25. The number of nitrogens with zero attached hydrogens (tertiary/aromatic N) is 2. The number of aldehydes is 1. The maximum atomic E-state index is 11.7. The first kappa shape index (κ1) is 15.7. The molecular weight excluding hydrogens is 292 g/mol. The summed E-state index contributed by atoms with van der Waals surface area (Å²) in [5.41, 5.74) is -0.547. The van der Waals surface area contributed by atoms with E-state index in [4.69, 9.17) is 9.47 Å². The molecule has 1 unspecified atom stereocenters. The van der Waals surface area contributed by atoms with E-state index in [1.807, 2.05) is 0 Å². The lowest BCUT2D eigenvalue weighted by molar-refractivity contribution is -0.386. The summed E-state index contributed by atoms with van der Waals surface area (Å²) in [4.78, 5) is 34.6. The van der Waals surface area contributed by atoms with Gasteiger partial charge in [-0.2, -0.15) is 0 Å². The van der Waals surface area contributed by atoms with Gasteiger partial charge in [0.1, 0.15) is 0 Å². The van der Waals surface area contributed by atoms with Gasteiger partial charge in [-0.15, -0.1) is 0 Å². The number of nitro groups is 1. The molecule has 1 heterocycles. The summed E-state index contributed by atoms with van der Waals surface area (Å²) in [6.45, 7) is 2.26. The van der Waals surface area contributed by atoms with Gasteiger partial charge in [0.15, 0.2) is 18.3 Å². The SMILES string of the molecule is COc1c(OC(C)N2CCCC2=O)ccc(C=O)c1[N+](=O)[O-]. The van der Waals surface area contributed by atoms with Crippen molar-refractivity contribution < 1.29 is 24.0 Å². The Hall–Kier alpha value is -2.64. The summed E-state index contributed by atoms with van der Waals surface area (Å²) in [5.74, 6) is -0.0365. The van der Waals surface area contributed by atoms with E-state index in [0.717, 1.165) is 6.42 Å². The minimum Gasteiger partial charge on any atom is -0.488 e. The molecule has 0 bridgehead atoms. The van der Waals surface area contributed by atoms with Crippen LogP contribution in [0.2, 0.25) is 0 Å². The van der Waals surface area contributed by atoms with Crippen LogP contribution in [0.1, 0.15) is 30.1 Å². The minimum absolute atomic E-state index is 0.0227. The molecule has 1 aromatic carbocycles. The Balaban J connectivity index is 2.34. The fraction of sp³-hybridized carbons (Fsp3) is 0.429. The molecule has 0 N–H and O–H groups in total. The average Bonchev–Trinajstić information content (AvgIpc) is 2.92. The smallest absolute Gasteiger partial charge is 0.325 e. The highest BCUT2D eigenvalue weighted by Gasteiger charge is 2.30. The van der Waals surface area contributed by atoms with Gasteiger partial charge >= 0.3 is 5.69 Å². The highest BCUT2D eigenvalue weighted by Crippen LogP contribution is 2.39. The van der Waals surface area contributed by atoms with Crippen molar-refractivity contribution in [3.8, 4) is 11.5 Å². The first-order valence-electron chi connectivity index (χ1n) is 6.76. The second-order valence-electron chi connectivity index (χ2n) is 4.82. The Kier molecular flexibility index (Phi) is 4.59. The monoisotopic (exact) mass is 308 g/mol. The van der Waals surface area contributed by atoms with E-state index in [1.165, 1.54) is 19.2 Å². The summed E-state index contributed by atoms with van der Waals surface area (Å²) >= 11 is 0. The van der Waals surface area contributed by atoms with E-state index >= 15 is 0 Å². The third kappa shape index (κ3) is 2.85. The van der Waals surface area contributed by atoms with Gasteiger partial charge in [-0.3, -0.25) is 19.7 Å². The number of methoxy groups -OCH3 is 1. The van der Waals surface area contributed by atoms with Crippen LogP contribution in [-0.2, 0) is 4.79 Å². The first-order valence-corrected chi connectivity index (χ1v) is 6.76. The van der Waals surface area contributed by atoms with E-state index in [2.05, 4.69) is 0 Å². The van der Waals surface area contributed by atoms with Crippen molar-refractivity contribution in [3.63, 3.8) is 0 Å². The molecule has 1 atom stereocenters. The standard InChI is InChI=1S/C14H16N2O6/c1-9(15-7-3-4-12(15)18)22-11-6-5-10(8-17)13(16(19)20)14(11)21-2/h5-6,8-9H,3-4,7H2,1-2H3. The van der Waals surface area contributed by atoms with Gasteiger partial charge in [0.05, 0.1) is 17.6 Å². The van der Waals surface area contributed by atoms with Crippen molar-refractivity contribution in [2.24, 2.45) is 0 Å². The van der Waals surface area contributed by atoms with Crippen molar-refractivity contribution in [3.05, 3.63) is 27.8 Å². The quantitative estimate of drug-likeness (QED) is 0.451. The Labute approximate surface area is 126 Å². The molecule has 1 saturated heterocycles. The summed E-state index contributed by atoms with van der Waals surface area (Å²) in [7, 11) is 1.26. The second-order valence-corrected chi connectivity index (χ2v) is 4.82. The molecule has 1 fully saturated rings. The van der Waals surface area contributed by atoms with Crippen molar-refractivity contribution in [1.82, 2.24) is 4.90 Å². The zero-order valence-electron chi connectivity index (χ0n) is 12.3. The van der Waals surface area contributed by atoms with Crippen molar-refractivity contribution in [2.45, 2.75) is 26.0 Å². The lowest BCUT2D eigenvalue weighted by Crippen LogP contribution is -2.38. The van der Waals surface area contributed by atoms with Gasteiger partial charge in [0.2, 0.25) is 11.7 Å². The number of carbonyl (C=O) groups is 2. The fourth-order valence-electron chi connectivity index (χ4n) is 2.44. The molecule has 1 aliphatic rings. The number of hydrogen-bond donors (Lipinski definition) is 0. The molecule has 0 saturated carbocycles. The normalized spacial score (nSPS) is 15.5. The average molecular weight is 308 g/mol. The Morgan fingerprint density at radius 3 is 2.68 bits per heavy atom. The van der Waals surface area contributed by atoms with E-state index in [1.54, 1.807) is 11.8 Å². The van der Waals surface area contributed by atoms with Crippen LogP contribution in [0.15, 0.2) is 12.1 Å². The van der Waals surface area contributed by atoms with Crippen LogP contribution in [0.25, 0.3) is 0 Å². The number of amides is 1. The molecule has 0 spiro atoms.